The highest BCUT2D eigenvalue weighted by atomic mass is 16.5. The maximum Gasteiger partial charge on any atom is 0.321 e. The largest absolute Gasteiger partial charge is 0.480 e. The molecule has 0 aromatic carbocycles. The lowest BCUT2D eigenvalue weighted by Crippen LogP contribution is -2.48. The van der Waals surface area contributed by atoms with Gasteiger partial charge in [-0.15, -0.1) is 0 Å². The van der Waals surface area contributed by atoms with Crippen molar-refractivity contribution in [3.63, 3.8) is 0 Å². The molecule has 2 N–H and O–H groups in total. The van der Waals surface area contributed by atoms with Gasteiger partial charge in [0, 0.05) is 18.6 Å². The Morgan fingerprint density at radius 1 is 1.25 bits per heavy atom. The van der Waals surface area contributed by atoms with E-state index in [9.17, 15) is 9.90 Å². The van der Waals surface area contributed by atoms with Crippen LogP contribution in [0.5, 0.6) is 0 Å². The minimum Gasteiger partial charge on any atom is -0.480 e. The van der Waals surface area contributed by atoms with Crippen molar-refractivity contribution >= 4 is 5.97 Å². The van der Waals surface area contributed by atoms with E-state index >= 15 is 0 Å². The molecule has 0 aromatic rings. The van der Waals surface area contributed by atoms with Gasteiger partial charge >= 0.3 is 5.97 Å². The summed E-state index contributed by atoms with van der Waals surface area (Å²) in [5.41, 5.74) is 0. The van der Waals surface area contributed by atoms with E-state index in [1.165, 1.54) is 19.3 Å². The number of carboxylic acid groups (broad SMARTS) is 1. The quantitative estimate of drug-likeness (QED) is 0.762. The maximum absolute atomic E-state index is 11.2. The molecule has 1 saturated heterocycles. The lowest BCUT2D eigenvalue weighted by atomic mass is 9.92. The third-order valence-electron chi connectivity index (χ3n) is 3.72. The molecule has 1 aliphatic heterocycles. The van der Waals surface area contributed by atoms with Crippen molar-refractivity contribution in [2.24, 2.45) is 5.92 Å². The fourth-order valence-corrected chi connectivity index (χ4v) is 2.75. The molecule has 2 fully saturated rings. The SMILES string of the molecule is O=C(O)C(NC1CCCCC1)C1CCOC1. The summed E-state index contributed by atoms with van der Waals surface area (Å²) < 4.78 is 5.27. The van der Waals surface area contributed by atoms with Crippen LogP contribution in [0.1, 0.15) is 38.5 Å². The predicted molar refractivity (Wildman–Crippen MR) is 60.4 cm³/mol. The number of ether oxygens (including phenoxy) is 1. The van der Waals surface area contributed by atoms with Crippen LogP contribution in [0, 0.1) is 5.92 Å². The second-order valence-corrected chi connectivity index (χ2v) is 4.94. The molecule has 0 radical (unpaired) electrons. The van der Waals surface area contributed by atoms with E-state index in [0.717, 1.165) is 19.3 Å². The zero-order valence-electron chi connectivity index (χ0n) is 9.65. The molecule has 0 aromatic heterocycles. The highest BCUT2D eigenvalue weighted by molar-refractivity contribution is 5.74. The highest BCUT2D eigenvalue weighted by Crippen LogP contribution is 2.22. The normalized spacial score (nSPS) is 29.1. The van der Waals surface area contributed by atoms with Gasteiger partial charge in [0.1, 0.15) is 6.04 Å². The summed E-state index contributed by atoms with van der Waals surface area (Å²) >= 11 is 0. The van der Waals surface area contributed by atoms with Crippen LogP contribution >= 0.6 is 0 Å². The molecular formula is C12H21NO3. The van der Waals surface area contributed by atoms with Crippen LogP contribution in [-0.4, -0.2) is 36.4 Å². The summed E-state index contributed by atoms with van der Waals surface area (Å²) in [6.07, 6.45) is 6.87. The molecule has 4 nitrogen and oxygen atoms in total. The minimum absolute atomic E-state index is 0.152. The molecule has 2 unspecified atom stereocenters. The van der Waals surface area contributed by atoms with Crippen LogP contribution in [0.4, 0.5) is 0 Å². The van der Waals surface area contributed by atoms with Crippen molar-refractivity contribution in [2.45, 2.75) is 50.6 Å². The lowest BCUT2D eigenvalue weighted by Gasteiger charge is -2.28. The fraction of sp³-hybridized carbons (Fsp3) is 0.917. The lowest BCUT2D eigenvalue weighted by molar-refractivity contribution is -0.141. The van der Waals surface area contributed by atoms with Crippen LogP contribution in [-0.2, 0) is 9.53 Å². The smallest absolute Gasteiger partial charge is 0.321 e. The van der Waals surface area contributed by atoms with Gasteiger partial charge in [0.25, 0.3) is 0 Å². The van der Waals surface area contributed by atoms with Gasteiger partial charge in [0.2, 0.25) is 0 Å². The van der Waals surface area contributed by atoms with Gasteiger partial charge in [-0.1, -0.05) is 19.3 Å². The monoisotopic (exact) mass is 227 g/mol. The van der Waals surface area contributed by atoms with Gasteiger partial charge in [-0.25, -0.2) is 0 Å². The third-order valence-corrected chi connectivity index (χ3v) is 3.72. The van der Waals surface area contributed by atoms with Crippen molar-refractivity contribution in [1.82, 2.24) is 5.32 Å². The van der Waals surface area contributed by atoms with Gasteiger partial charge in [-0.2, -0.15) is 0 Å². The second kappa shape index (κ2) is 5.64. The molecule has 1 aliphatic carbocycles. The molecule has 1 saturated carbocycles. The topological polar surface area (TPSA) is 58.6 Å². The first-order chi connectivity index (χ1) is 7.77. The summed E-state index contributed by atoms with van der Waals surface area (Å²) in [5, 5.41) is 12.6. The van der Waals surface area contributed by atoms with Crippen molar-refractivity contribution in [1.29, 1.82) is 0 Å². The highest BCUT2D eigenvalue weighted by Gasteiger charge is 2.32. The zero-order chi connectivity index (χ0) is 11.4. The Morgan fingerprint density at radius 3 is 2.56 bits per heavy atom. The zero-order valence-corrected chi connectivity index (χ0v) is 9.65. The summed E-state index contributed by atoms with van der Waals surface area (Å²) in [4.78, 5) is 11.2. The average molecular weight is 227 g/mol. The molecule has 1 heterocycles. The first-order valence-electron chi connectivity index (χ1n) is 6.34. The maximum atomic E-state index is 11.2. The summed E-state index contributed by atoms with van der Waals surface area (Å²) in [6, 6.07) is -0.0129. The predicted octanol–water partition coefficient (Wildman–Crippen LogP) is 1.40. The average Bonchev–Trinajstić information content (AvgIpc) is 2.80. The summed E-state index contributed by atoms with van der Waals surface area (Å²) in [5.74, 6) is -0.569. The fourth-order valence-electron chi connectivity index (χ4n) is 2.75. The van der Waals surface area contributed by atoms with Gasteiger partial charge in [-0.05, 0) is 19.3 Å². The molecule has 92 valence electrons. The van der Waals surface area contributed by atoms with Gasteiger partial charge in [-0.3, -0.25) is 4.79 Å². The van der Waals surface area contributed by atoms with Crippen LogP contribution in [0.2, 0.25) is 0 Å². The number of aliphatic carboxylic acids is 1. The molecular weight excluding hydrogens is 206 g/mol. The van der Waals surface area contributed by atoms with Crippen LogP contribution in [0.15, 0.2) is 0 Å². The number of hydrogen-bond acceptors (Lipinski definition) is 3. The standard InChI is InChI=1S/C12H21NO3/c14-12(15)11(9-6-7-16-8-9)13-10-4-2-1-3-5-10/h9-11,13H,1-8H2,(H,14,15). The van der Waals surface area contributed by atoms with Crippen molar-refractivity contribution < 1.29 is 14.6 Å². The summed E-state index contributed by atoms with van der Waals surface area (Å²) in [7, 11) is 0. The molecule has 0 amide bonds. The Labute approximate surface area is 96.4 Å². The van der Waals surface area contributed by atoms with E-state index in [4.69, 9.17) is 4.74 Å². The number of hydrogen-bond donors (Lipinski definition) is 2. The Kier molecular flexibility index (Phi) is 4.18. The molecule has 2 rings (SSSR count). The molecule has 2 aliphatic rings. The third kappa shape index (κ3) is 2.95. The number of rotatable bonds is 4. The minimum atomic E-state index is -0.721. The van der Waals surface area contributed by atoms with E-state index in [-0.39, 0.29) is 5.92 Å². The van der Waals surface area contributed by atoms with Gasteiger partial charge in [0.15, 0.2) is 0 Å². The van der Waals surface area contributed by atoms with Crippen LogP contribution in [0.25, 0.3) is 0 Å². The Bertz CT molecular complexity index is 232. The molecule has 0 spiro atoms. The number of carboxylic acids is 1. The van der Waals surface area contributed by atoms with Gasteiger partial charge < -0.3 is 15.2 Å². The van der Waals surface area contributed by atoms with Crippen molar-refractivity contribution in [3.05, 3.63) is 0 Å². The number of carbonyl (C=O) groups is 1. The van der Waals surface area contributed by atoms with E-state index in [2.05, 4.69) is 5.32 Å². The van der Waals surface area contributed by atoms with E-state index in [0.29, 0.717) is 19.3 Å². The van der Waals surface area contributed by atoms with Crippen LogP contribution in [0.3, 0.4) is 0 Å². The number of nitrogens with one attached hydrogen (secondary N) is 1. The van der Waals surface area contributed by atoms with Crippen molar-refractivity contribution in [3.8, 4) is 0 Å². The first kappa shape index (κ1) is 11.9. The van der Waals surface area contributed by atoms with E-state index < -0.39 is 12.0 Å². The van der Waals surface area contributed by atoms with Crippen LogP contribution < -0.4 is 5.32 Å². The summed E-state index contributed by atoms with van der Waals surface area (Å²) in [6.45, 7) is 1.30. The molecule has 4 heteroatoms. The second-order valence-electron chi connectivity index (χ2n) is 4.94. The molecule has 16 heavy (non-hydrogen) atoms. The Balaban J connectivity index is 1.88. The molecule has 2 atom stereocenters. The first-order valence-corrected chi connectivity index (χ1v) is 6.34. The molecule has 0 bridgehead atoms. The van der Waals surface area contributed by atoms with E-state index in [1.54, 1.807) is 0 Å². The Morgan fingerprint density at radius 2 is 2.00 bits per heavy atom. The van der Waals surface area contributed by atoms with Gasteiger partial charge in [0.05, 0.1) is 6.61 Å². The Hall–Kier alpha value is -0.610. The van der Waals surface area contributed by atoms with Crippen molar-refractivity contribution in [2.75, 3.05) is 13.2 Å². The van der Waals surface area contributed by atoms with E-state index in [1.807, 2.05) is 0 Å².